The van der Waals surface area contributed by atoms with Crippen molar-refractivity contribution in [2.45, 2.75) is 38.4 Å². The second kappa shape index (κ2) is 4.52. The van der Waals surface area contributed by atoms with E-state index in [1.54, 1.807) is 0 Å². The Kier molecular flexibility index (Phi) is 3.26. The van der Waals surface area contributed by atoms with Crippen LogP contribution in [0.1, 0.15) is 25.8 Å². The third-order valence-corrected chi connectivity index (χ3v) is 3.80. The van der Waals surface area contributed by atoms with Crippen molar-refractivity contribution < 1.29 is 0 Å². The van der Waals surface area contributed by atoms with Crippen molar-refractivity contribution in [3.63, 3.8) is 0 Å². The molecule has 1 aromatic heterocycles. The Bertz CT molecular complexity index is 334. The van der Waals surface area contributed by atoms with E-state index in [1.165, 1.54) is 12.0 Å². The summed E-state index contributed by atoms with van der Waals surface area (Å²) in [5.74, 6) is 0. The van der Waals surface area contributed by atoms with Crippen molar-refractivity contribution in [1.29, 1.82) is 0 Å². The molecule has 0 saturated carbocycles. The first-order valence-corrected chi connectivity index (χ1v) is 5.96. The van der Waals surface area contributed by atoms with Crippen LogP contribution in [0.5, 0.6) is 0 Å². The molecule has 1 unspecified atom stereocenters. The van der Waals surface area contributed by atoms with Crippen LogP contribution in [0.25, 0.3) is 0 Å². The highest BCUT2D eigenvalue weighted by Gasteiger charge is 2.39. The van der Waals surface area contributed by atoms with Gasteiger partial charge in [-0.15, -0.1) is 0 Å². The van der Waals surface area contributed by atoms with Gasteiger partial charge in [-0.05, 0) is 38.9 Å². The second-order valence-electron chi connectivity index (χ2n) is 5.07. The highest BCUT2D eigenvalue weighted by molar-refractivity contribution is 5.11. The Balaban J connectivity index is 2.07. The van der Waals surface area contributed by atoms with Gasteiger partial charge in [-0.2, -0.15) is 0 Å². The molecule has 88 valence electrons. The minimum atomic E-state index is 0.227. The summed E-state index contributed by atoms with van der Waals surface area (Å²) in [6, 6.07) is 4.74. The van der Waals surface area contributed by atoms with Gasteiger partial charge in [-0.3, -0.25) is 9.88 Å². The number of pyridine rings is 1. The van der Waals surface area contributed by atoms with E-state index < -0.39 is 0 Å². The van der Waals surface area contributed by atoms with Crippen molar-refractivity contribution in [3.8, 4) is 0 Å². The molecule has 1 N–H and O–H groups in total. The molecule has 0 radical (unpaired) electrons. The number of hydrogen-bond acceptors (Lipinski definition) is 3. The number of likely N-dealkylation sites (tertiary alicyclic amines) is 1. The Morgan fingerprint density at radius 3 is 2.94 bits per heavy atom. The molecule has 1 aromatic rings. The molecule has 0 aliphatic carbocycles. The Labute approximate surface area is 97.9 Å². The van der Waals surface area contributed by atoms with Crippen molar-refractivity contribution in [3.05, 3.63) is 30.1 Å². The first kappa shape index (κ1) is 11.6. The summed E-state index contributed by atoms with van der Waals surface area (Å²) < 4.78 is 0. The van der Waals surface area contributed by atoms with Crippen LogP contribution in [-0.2, 0) is 6.54 Å². The fraction of sp³-hybridized carbons (Fsp3) is 0.615. The van der Waals surface area contributed by atoms with Gasteiger partial charge in [0.05, 0.1) is 0 Å². The molecule has 0 amide bonds. The van der Waals surface area contributed by atoms with E-state index in [2.05, 4.69) is 42.2 Å². The average molecular weight is 219 g/mol. The Morgan fingerprint density at radius 2 is 2.38 bits per heavy atom. The van der Waals surface area contributed by atoms with Crippen LogP contribution in [0.4, 0.5) is 0 Å². The van der Waals surface area contributed by atoms with Crippen molar-refractivity contribution in [2.75, 3.05) is 13.6 Å². The standard InChI is InChI=1S/C13H21N3/c1-13(2)12(14-3)6-8-16(13)10-11-5-4-7-15-9-11/h4-5,7,9,12,14H,6,8,10H2,1-3H3. The molecule has 1 fully saturated rings. The van der Waals surface area contributed by atoms with Gasteiger partial charge in [0, 0.05) is 37.1 Å². The quantitative estimate of drug-likeness (QED) is 0.838. The number of nitrogens with one attached hydrogen (secondary N) is 1. The van der Waals surface area contributed by atoms with Crippen LogP contribution >= 0.6 is 0 Å². The van der Waals surface area contributed by atoms with Gasteiger partial charge >= 0.3 is 0 Å². The van der Waals surface area contributed by atoms with E-state index in [0.29, 0.717) is 6.04 Å². The van der Waals surface area contributed by atoms with Gasteiger partial charge in [0.1, 0.15) is 0 Å². The fourth-order valence-electron chi connectivity index (χ4n) is 2.64. The maximum absolute atomic E-state index is 4.17. The number of aromatic nitrogens is 1. The molecule has 0 spiro atoms. The smallest absolute Gasteiger partial charge is 0.0312 e. The zero-order valence-corrected chi connectivity index (χ0v) is 10.4. The second-order valence-corrected chi connectivity index (χ2v) is 5.07. The summed E-state index contributed by atoms with van der Waals surface area (Å²) >= 11 is 0. The van der Waals surface area contributed by atoms with E-state index in [0.717, 1.165) is 13.1 Å². The number of nitrogens with zero attached hydrogens (tertiary/aromatic N) is 2. The number of likely N-dealkylation sites (N-methyl/N-ethyl adjacent to an activating group) is 1. The molecule has 3 heteroatoms. The molecule has 2 rings (SSSR count). The van der Waals surface area contributed by atoms with E-state index in [4.69, 9.17) is 0 Å². The van der Waals surface area contributed by atoms with Gasteiger partial charge in [0.2, 0.25) is 0 Å². The van der Waals surface area contributed by atoms with Crippen LogP contribution in [0.2, 0.25) is 0 Å². The summed E-state index contributed by atoms with van der Waals surface area (Å²) in [6.07, 6.45) is 5.02. The fourth-order valence-corrected chi connectivity index (χ4v) is 2.64. The SMILES string of the molecule is CNC1CCN(Cc2cccnc2)C1(C)C. The lowest BCUT2D eigenvalue weighted by Gasteiger charge is -2.35. The minimum Gasteiger partial charge on any atom is -0.315 e. The molecular formula is C13H21N3. The predicted octanol–water partition coefficient (Wildman–Crippen LogP) is 1.65. The summed E-state index contributed by atoms with van der Waals surface area (Å²) in [5.41, 5.74) is 1.53. The Morgan fingerprint density at radius 1 is 1.56 bits per heavy atom. The van der Waals surface area contributed by atoms with Gasteiger partial charge in [0.25, 0.3) is 0 Å². The molecule has 1 aliphatic heterocycles. The zero-order valence-electron chi connectivity index (χ0n) is 10.4. The van der Waals surface area contributed by atoms with Crippen molar-refractivity contribution >= 4 is 0 Å². The molecule has 0 bridgehead atoms. The number of rotatable bonds is 3. The Hall–Kier alpha value is -0.930. The third-order valence-electron chi connectivity index (χ3n) is 3.80. The molecular weight excluding hydrogens is 198 g/mol. The van der Waals surface area contributed by atoms with Crippen LogP contribution < -0.4 is 5.32 Å². The molecule has 0 aromatic carbocycles. The van der Waals surface area contributed by atoms with E-state index >= 15 is 0 Å². The minimum absolute atomic E-state index is 0.227. The van der Waals surface area contributed by atoms with Crippen molar-refractivity contribution in [2.24, 2.45) is 0 Å². The predicted molar refractivity (Wildman–Crippen MR) is 66.2 cm³/mol. The van der Waals surface area contributed by atoms with Crippen LogP contribution in [0.3, 0.4) is 0 Å². The molecule has 2 heterocycles. The van der Waals surface area contributed by atoms with E-state index in [-0.39, 0.29) is 5.54 Å². The molecule has 16 heavy (non-hydrogen) atoms. The highest BCUT2D eigenvalue weighted by Crippen LogP contribution is 2.29. The largest absolute Gasteiger partial charge is 0.315 e. The van der Waals surface area contributed by atoms with Crippen LogP contribution in [0.15, 0.2) is 24.5 Å². The topological polar surface area (TPSA) is 28.2 Å². The van der Waals surface area contributed by atoms with Gasteiger partial charge < -0.3 is 5.32 Å². The normalized spacial score (nSPS) is 24.8. The van der Waals surface area contributed by atoms with Gasteiger partial charge in [0.15, 0.2) is 0 Å². The van der Waals surface area contributed by atoms with Gasteiger partial charge in [-0.25, -0.2) is 0 Å². The molecule has 1 aliphatic rings. The monoisotopic (exact) mass is 219 g/mol. The summed E-state index contributed by atoms with van der Waals surface area (Å²) in [4.78, 5) is 6.70. The maximum Gasteiger partial charge on any atom is 0.0312 e. The lowest BCUT2D eigenvalue weighted by atomic mass is 9.96. The summed E-state index contributed by atoms with van der Waals surface area (Å²) in [5, 5.41) is 3.41. The zero-order chi connectivity index (χ0) is 11.6. The highest BCUT2D eigenvalue weighted by atomic mass is 15.3. The molecule has 3 nitrogen and oxygen atoms in total. The average Bonchev–Trinajstić information content (AvgIpc) is 2.56. The van der Waals surface area contributed by atoms with E-state index in [1.807, 2.05) is 18.5 Å². The van der Waals surface area contributed by atoms with Crippen LogP contribution in [-0.4, -0.2) is 35.1 Å². The third kappa shape index (κ3) is 2.11. The molecule has 1 atom stereocenters. The lowest BCUT2D eigenvalue weighted by Crippen LogP contribution is -2.49. The summed E-state index contributed by atoms with van der Waals surface area (Å²) in [6.45, 7) is 6.79. The van der Waals surface area contributed by atoms with Gasteiger partial charge in [-0.1, -0.05) is 6.07 Å². The number of hydrogen-bond donors (Lipinski definition) is 1. The lowest BCUT2D eigenvalue weighted by molar-refractivity contribution is 0.145. The van der Waals surface area contributed by atoms with Crippen LogP contribution in [0, 0.1) is 0 Å². The van der Waals surface area contributed by atoms with Crippen molar-refractivity contribution in [1.82, 2.24) is 15.2 Å². The summed E-state index contributed by atoms with van der Waals surface area (Å²) in [7, 11) is 2.06. The first-order valence-electron chi connectivity index (χ1n) is 5.96. The molecule has 1 saturated heterocycles. The van der Waals surface area contributed by atoms with E-state index in [9.17, 15) is 0 Å². The maximum atomic E-state index is 4.17. The first-order chi connectivity index (χ1) is 7.64.